The summed E-state index contributed by atoms with van der Waals surface area (Å²) in [6.07, 6.45) is 1.43. The number of nitrogens with zero attached hydrogens (tertiary/aromatic N) is 2. The van der Waals surface area contributed by atoms with Gasteiger partial charge in [-0.1, -0.05) is 0 Å². The van der Waals surface area contributed by atoms with Gasteiger partial charge in [0.05, 0.1) is 30.0 Å². The second-order valence-corrected chi connectivity index (χ2v) is 8.03. The average molecular weight is 506 g/mol. The summed E-state index contributed by atoms with van der Waals surface area (Å²) in [6, 6.07) is 8.64. The SMILES string of the molecule is CCOc1ccc(N2C(=O)/C(=C/c3cc(Br)c(N4CCOCC4)o3)C(=O)NC2=S)cc1. The first-order valence-electron chi connectivity index (χ1n) is 9.74. The largest absolute Gasteiger partial charge is 0.494 e. The van der Waals surface area contributed by atoms with Crippen molar-refractivity contribution in [3.63, 3.8) is 0 Å². The smallest absolute Gasteiger partial charge is 0.270 e. The first-order chi connectivity index (χ1) is 15.0. The van der Waals surface area contributed by atoms with E-state index in [0.717, 1.165) is 4.47 Å². The summed E-state index contributed by atoms with van der Waals surface area (Å²) >= 11 is 8.73. The Kier molecular flexibility index (Phi) is 6.40. The molecule has 0 saturated carbocycles. The van der Waals surface area contributed by atoms with Crippen molar-refractivity contribution in [2.45, 2.75) is 6.92 Å². The van der Waals surface area contributed by atoms with Crippen molar-refractivity contribution in [2.75, 3.05) is 42.7 Å². The summed E-state index contributed by atoms with van der Waals surface area (Å²) in [4.78, 5) is 29.0. The van der Waals surface area contributed by atoms with Crippen LogP contribution in [-0.2, 0) is 14.3 Å². The summed E-state index contributed by atoms with van der Waals surface area (Å²) in [7, 11) is 0. The molecule has 2 fully saturated rings. The Morgan fingerprint density at radius 2 is 1.94 bits per heavy atom. The average Bonchev–Trinajstić information content (AvgIpc) is 3.13. The molecule has 10 heteroatoms. The van der Waals surface area contributed by atoms with Crippen LogP contribution >= 0.6 is 28.1 Å². The molecule has 8 nitrogen and oxygen atoms in total. The summed E-state index contributed by atoms with van der Waals surface area (Å²) < 4.78 is 17.5. The number of morpholine rings is 1. The minimum Gasteiger partial charge on any atom is -0.494 e. The monoisotopic (exact) mass is 505 g/mol. The molecule has 2 amide bonds. The van der Waals surface area contributed by atoms with Gasteiger partial charge in [-0.2, -0.15) is 0 Å². The Morgan fingerprint density at radius 3 is 2.61 bits per heavy atom. The predicted molar refractivity (Wildman–Crippen MR) is 123 cm³/mol. The molecule has 2 saturated heterocycles. The van der Waals surface area contributed by atoms with Crippen LogP contribution < -0.4 is 19.9 Å². The zero-order valence-corrected chi connectivity index (χ0v) is 19.1. The fourth-order valence-corrected chi connectivity index (χ4v) is 4.16. The molecule has 0 unspecified atom stereocenters. The fourth-order valence-electron chi connectivity index (χ4n) is 3.32. The van der Waals surface area contributed by atoms with E-state index in [9.17, 15) is 9.59 Å². The maximum atomic E-state index is 13.2. The lowest BCUT2D eigenvalue weighted by atomic mass is 10.1. The highest BCUT2D eigenvalue weighted by molar-refractivity contribution is 9.10. The molecule has 0 radical (unpaired) electrons. The zero-order chi connectivity index (χ0) is 22.0. The molecular weight excluding hydrogens is 486 g/mol. The third-order valence-electron chi connectivity index (χ3n) is 4.78. The van der Waals surface area contributed by atoms with Gasteiger partial charge >= 0.3 is 0 Å². The van der Waals surface area contributed by atoms with Crippen LogP contribution in [0.25, 0.3) is 6.08 Å². The summed E-state index contributed by atoms with van der Waals surface area (Å²) in [5.74, 6) is 0.595. The number of anilines is 2. The molecular formula is C21H20BrN3O5S. The summed E-state index contributed by atoms with van der Waals surface area (Å²) in [5, 5.41) is 2.59. The van der Waals surface area contributed by atoms with E-state index < -0.39 is 11.8 Å². The Balaban J connectivity index is 1.62. The number of ether oxygens (including phenoxy) is 2. The molecule has 0 aliphatic carbocycles. The van der Waals surface area contributed by atoms with E-state index in [1.807, 2.05) is 11.8 Å². The number of rotatable bonds is 5. The van der Waals surface area contributed by atoms with E-state index in [1.54, 1.807) is 30.3 Å². The molecule has 3 heterocycles. The van der Waals surface area contributed by atoms with Gasteiger partial charge in [-0.3, -0.25) is 19.8 Å². The van der Waals surface area contributed by atoms with Gasteiger partial charge in [-0.25, -0.2) is 0 Å². The van der Waals surface area contributed by atoms with Gasteiger partial charge in [-0.05, 0) is 65.4 Å². The maximum Gasteiger partial charge on any atom is 0.270 e. The number of furan rings is 1. The minimum absolute atomic E-state index is 0.0194. The van der Waals surface area contributed by atoms with E-state index in [2.05, 4.69) is 21.2 Å². The number of carbonyl (C=O) groups is 2. The van der Waals surface area contributed by atoms with Gasteiger partial charge in [0.2, 0.25) is 5.88 Å². The van der Waals surface area contributed by atoms with E-state index >= 15 is 0 Å². The van der Waals surface area contributed by atoms with Crippen molar-refractivity contribution >= 4 is 62.7 Å². The van der Waals surface area contributed by atoms with Crippen molar-refractivity contribution in [3.05, 3.63) is 46.1 Å². The Hall–Kier alpha value is -2.69. The maximum absolute atomic E-state index is 13.2. The molecule has 31 heavy (non-hydrogen) atoms. The topological polar surface area (TPSA) is 84.2 Å². The molecule has 1 aromatic heterocycles. The van der Waals surface area contributed by atoms with Crippen molar-refractivity contribution < 1.29 is 23.5 Å². The van der Waals surface area contributed by atoms with Crippen molar-refractivity contribution in [1.29, 1.82) is 0 Å². The van der Waals surface area contributed by atoms with Crippen LogP contribution in [0.2, 0.25) is 0 Å². The lowest BCUT2D eigenvalue weighted by Gasteiger charge is -2.28. The molecule has 162 valence electrons. The molecule has 1 N–H and O–H groups in total. The van der Waals surface area contributed by atoms with Crippen LogP contribution in [-0.4, -0.2) is 49.8 Å². The molecule has 2 aromatic rings. The highest BCUT2D eigenvalue weighted by atomic mass is 79.9. The van der Waals surface area contributed by atoms with Crippen LogP contribution in [0.4, 0.5) is 11.6 Å². The molecule has 2 aliphatic heterocycles. The number of benzene rings is 1. The van der Waals surface area contributed by atoms with Gasteiger partial charge in [0.1, 0.15) is 17.1 Å². The number of carbonyl (C=O) groups excluding carboxylic acids is 2. The van der Waals surface area contributed by atoms with Crippen LogP contribution in [0.1, 0.15) is 12.7 Å². The van der Waals surface area contributed by atoms with Gasteiger partial charge in [0, 0.05) is 19.2 Å². The number of hydrogen-bond acceptors (Lipinski definition) is 7. The zero-order valence-electron chi connectivity index (χ0n) is 16.7. The van der Waals surface area contributed by atoms with E-state index in [-0.39, 0.29) is 10.7 Å². The number of halogens is 1. The summed E-state index contributed by atoms with van der Waals surface area (Å²) in [5.41, 5.74) is 0.455. The Morgan fingerprint density at radius 1 is 1.23 bits per heavy atom. The van der Waals surface area contributed by atoms with Gasteiger partial charge in [-0.15, -0.1) is 0 Å². The molecule has 1 aromatic carbocycles. The predicted octanol–water partition coefficient (Wildman–Crippen LogP) is 3.11. The molecule has 0 atom stereocenters. The fraction of sp³-hybridized carbons (Fsp3) is 0.286. The van der Waals surface area contributed by atoms with E-state index in [1.165, 1.54) is 11.0 Å². The van der Waals surface area contributed by atoms with Gasteiger partial charge in [0.15, 0.2) is 5.11 Å². The molecule has 0 bridgehead atoms. The lowest BCUT2D eigenvalue weighted by Crippen LogP contribution is -2.54. The molecule has 2 aliphatic rings. The number of thiocarbonyl (C=S) groups is 1. The Bertz CT molecular complexity index is 1040. The summed E-state index contributed by atoms with van der Waals surface area (Å²) in [6.45, 7) is 5.04. The first-order valence-corrected chi connectivity index (χ1v) is 10.9. The molecule has 4 rings (SSSR count). The van der Waals surface area contributed by atoms with Crippen molar-refractivity contribution in [3.8, 4) is 5.75 Å². The quantitative estimate of drug-likeness (QED) is 0.379. The van der Waals surface area contributed by atoms with Crippen molar-refractivity contribution in [2.24, 2.45) is 0 Å². The minimum atomic E-state index is -0.572. The van der Waals surface area contributed by atoms with Crippen LogP contribution in [0.3, 0.4) is 0 Å². The number of amides is 2. The van der Waals surface area contributed by atoms with Gasteiger partial charge in [0.25, 0.3) is 11.8 Å². The third-order valence-corrected chi connectivity index (χ3v) is 5.63. The second kappa shape index (κ2) is 9.21. The van der Waals surface area contributed by atoms with E-state index in [0.29, 0.717) is 56.0 Å². The Labute approximate surface area is 192 Å². The number of nitrogens with one attached hydrogen (secondary N) is 1. The van der Waals surface area contributed by atoms with Crippen LogP contribution in [0.15, 0.2) is 44.8 Å². The van der Waals surface area contributed by atoms with E-state index in [4.69, 9.17) is 26.1 Å². The normalized spacial score (nSPS) is 18.5. The lowest BCUT2D eigenvalue weighted by molar-refractivity contribution is -0.122. The van der Waals surface area contributed by atoms with Gasteiger partial charge < -0.3 is 18.8 Å². The second-order valence-electron chi connectivity index (χ2n) is 6.79. The third kappa shape index (κ3) is 4.51. The van der Waals surface area contributed by atoms with Crippen LogP contribution in [0, 0.1) is 0 Å². The van der Waals surface area contributed by atoms with Crippen LogP contribution in [0.5, 0.6) is 5.75 Å². The highest BCUT2D eigenvalue weighted by Gasteiger charge is 2.35. The number of hydrogen-bond donors (Lipinski definition) is 1. The van der Waals surface area contributed by atoms with Crippen molar-refractivity contribution in [1.82, 2.24) is 5.32 Å². The highest BCUT2D eigenvalue weighted by Crippen LogP contribution is 2.32. The standard InChI is InChI=1S/C21H20BrN3O5S/c1-2-29-14-5-3-13(4-6-14)25-19(27)16(18(26)23-21(25)31)11-15-12-17(22)20(30-15)24-7-9-28-10-8-24/h3-6,11-12H,2,7-10H2,1H3,(H,23,26,31)/b16-11+. The first kappa shape index (κ1) is 21.5. The molecule has 0 spiro atoms.